The first kappa shape index (κ1) is 13.2. The summed E-state index contributed by atoms with van der Waals surface area (Å²) in [6.45, 7) is 11.4. The highest BCUT2D eigenvalue weighted by atomic mass is 127. The van der Waals surface area contributed by atoms with Crippen molar-refractivity contribution in [3.8, 4) is 0 Å². The Bertz CT molecular complexity index is 255. The normalized spacial score (nSPS) is 29.7. The summed E-state index contributed by atoms with van der Waals surface area (Å²) < 4.78 is 5.93. The Kier molecular flexibility index (Phi) is 4.84. The zero-order chi connectivity index (χ0) is 11.5. The van der Waals surface area contributed by atoms with Gasteiger partial charge in [-0.25, -0.2) is 0 Å². The van der Waals surface area contributed by atoms with E-state index in [0.29, 0.717) is 12.0 Å². The maximum Gasteiger partial charge on any atom is 0.0672 e. The average molecular weight is 320 g/mol. The monoisotopic (exact) mass is 320 g/mol. The zero-order valence-electron chi connectivity index (χ0n) is 9.92. The van der Waals surface area contributed by atoms with Crippen molar-refractivity contribution in [1.82, 2.24) is 0 Å². The molecule has 0 fully saturated rings. The van der Waals surface area contributed by atoms with Gasteiger partial charge in [0.2, 0.25) is 0 Å². The summed E-state index contributed by atoms with van der Waals surface area (Å²) in [6.07, 6.45) is 6.90. The lowest BCUT2D eigenvalue weighted by atomic mass is 9.91. The molecule has 0 amide bonds. The van der Waals surface area contributed by atoms with Crippen LogP contribution in [0.5, 0.6) is 0 Å². The lowest BCUT2D eigenvalue weighted by Gasteiger charge is -2.27. The van der Waals surface area contributed by atoms with E-state index in [4.69, 9.17) is 4.74 Å². The molecule has 0 radical (unpaired) electrons. The SMILES string of the molecule is C=CC(C)(I)C1=CC[C@H](OCCC)[C@H]1C. The first-order chi connectivity index (χ1) is 7.03. The lowest BCUT2D eigenvalue weighted by Crippen LogP contribution is -2.25. The van der Waals surface area contributed by atoms with Crippen molar-refractivity contribution >= 4 is 22.6 Å². The van der Waals surface area contributed by atoms with Crippen molar-refractivity contribution in [3.05, 3.63) is 24.3 Å². The lowest BCUT2D eigenvalue weighted by molar-refractivity contribution is 0.0363. The highest BCUT2D eigenvalue weighted by Gasteiger charge is 2.34. The van der Waals surface area contributed by atoms with Gasteiger partial charge in [0, 0.05) is 12.5 Å². The molecule has 0 heterocycles. The molecule has 1 aliphatic carbocycles. The summed E-state index contributed by atoms with van der Waals surface area (Å²) >= 11 is 2.46. The fourth-order valence-corrected chi connectivity index (χ4v) is 2.79. The van der Waals surface area contributed by atoms with Crippen LogP contribution in [0.1, 0.15) is 33.6 Å². The maximum atomic E-state index is 5.84. The van der Waals surface area contributed by atoms with E-state index < -0.39 is 0 Å². The van der Waals surface area contributed by atoms with Crippen molar-refractivity contribution in [3.63, 3.8) is 0 Å². The van der Waals surface area contributed by atoms with Crippen LogP contribution in [-0.2, 0) is 4.74 Å². The zero-order valence-corrected chi connectivity index (χ0v) is 12.1. The van der Waals surface area contributed by atoms with E-state index in [1.165, 1.54) is 5.57 Å². The van der Waals surface area contributed by atoms with Crippen molar-refractivity contribution < 1.29 is 4.74 Å². The molecule has 1 aliphatic rings. The molecule has 2 heteroatoms. The van der Waals surface area contributed by atoms with Crippen molar-refractivity contribution in [1.29, 1.82) is 0 Å². The topological polar surface area (TPSA) is 9.23 Å². The number of rotatable bonds is 5. The second kappa shape index (κ2) is 5.48. The van der Waals surface area contributed by atoms with Gasteiger partial charge in [0.15, 0.2) is 0 Å². The van der Waals surface area contributed by atoms with Crippen LogP contribution in [0.3, 0.4) is 0 Å². The smallest absolute Gasteiger partial charge is 0.0672 e. The molecule has 0 saturated carbocycles. The third-order valence-corrected chi connectivity index (χ3v) is 4.17. The summed E-state index contributed by atoms with van der Waals surface area (Å²) in [7, 11) is 0. The summed E-state index contributed by atoms with van der Waals surface area (Å²) in [5, 5.41) is 0. The van der Waals surface area contributed by atoms with Crippen molar-refractivity contribution in [2.45, 2.75) is 43.1 Å². The summed E-state index contributed by atoms with van der Waals surface area (Å²) in [6, 6.07) is 0. The minimum Gasteiger partial charge on any atom is -0.377 e. The first-order valence-corrected chi connectivity index (χ1v) is 6.75. The highest BCUT2D eigenvalue weighted by molar-refractivity contribution is 14.1. The van der Waals surface area contributed by atoms with Gasteiger partial charge in [0.05, 0.1) is 9.53 Å². The van der Waals surface area contributed by atoms with Gasteiger partial charge in [-0.1, -0.05) is 48.6 Å². The molecule has 0 aromatic rings. The average Bonchev–Trinajstić information content (AvgIpc) is 2.57. The second-order valence-electron chi connectivity index (χ2n) is 4.37. The maximum absolute atomic E-state index is 5.84. The van der Waals surface area contributed by atoms with Crippen LogP contribution in [0.25, 0.3) is 0 Å². The predicted molar refractivity (Wildman–Crippen MR) is 74.5 cm³/mol. The van der Waals surface area contributed by atoms with E-state index in [2.05, 4.69) is 56.0 Å². The Morgan fingerprint density at radius 3 is 2.93 bits per heavy atom. The molecule has 3 atom stereocenters. The Balaban J connectivity index is 2.62. The quantitative estimate of drug-likeness (QED) is 0.420. The number of ether oxygens (including phenoxy) is 1. The van der Waals surface area contributed by atoms with Crippen LogP contribution in [0.4, 0.5) is 0 Å². The highest BCUT2D eigenvalue weighted by Crippen LogP contribution is 2.41. The first-order valence-electron chi connectivity index (χ1n) is 5.67. The predicted octanol–water partition coefficient (Wildman–Crippen LogP) is 4.13. The Morgan fingerprint density at radius 1 is 1.73 bits per heavy atom. The van der Waals surface area contributed by atoms with Crippen LogP contribution in [0.2, 0.25) is 0 Å². The van der Waals surface area contributed by atoms with Crippen LogP contribution < -0.4 is 0 Å². The molecule has 1 nitrogen and oxygen atoms in total. The number of hydrogen-bond donors (Lipinski definition) is 0. The van der Waals surface area contributed by atoms with E-state index in [1.807, 2.05) is 6.08 Å². The molecular formula is C13H21IO. The number of halogens is 1. The van der Waals surface area contributed by atoms with Gasteiger partial charge in [0.25, 0.3) is 0 Å². The minimum absolute atomic E-state index is 0.0848. The molecule has 86 valence electrons. The number of alkyl halides is 1. The molecule has 0 aromatic heterocycles. The van der Waals surface area contributed by atoms with Gasteiger partial charge < -0.3 is 4.74 Å². The standard InChI is InChI=1S/C13H21IO/c1-5-9-15-12-8-7-11(10(12)3)13(4,14)6-2/h6-7,10,12H,2,5,8-9H2,1,3-4H3/t10-,12-,13?/m0/s1. The van der Waals surface area contributed by atoms with E-state index in [-0.39, 0.29) is 3.42 Å². The van der Waals surface area contributed by atoms with Crippen LogP contribution in [-0.4, -0.2) is 16.1 Å². The van der Waals surface area contributed by atoms with Crippen LogP contribution in [0, 0.1) is 5.92 Å². The van der Waals surface area contributed by atoms with E-state index in [9.17, 15) is 0 Å². The number of hydrogen-bond acceptors (Lipinski definition) is 1. The van der Waals surface area contributed by atoms with E-state index in [1.54, 1.807) is 0 Å². The van der Waals surface area contributed by atoms with Crippen LogP contribution >= 0.6 is 22.6 Å². The summed E-state index contributed by atoms with van der Waals surface area (Å²) in [4.78, 5) is 0. The molecular weight excluding hydrogens is 299 g/mol. The molecule has 0 bridgehead atoms. The third kappa shape index (κ3) is 3.06. The van der Waals surface area contributed by atoms with Gasteiger partial charge >= 0.3 is 0 Å². The minimum atomic E-state index is 0.0848. The summed E-state index contributed by atoms with van der Waals surface area (Å²) in [5.41, 5.74) is 1.47. The molecule has 0 aromatic carbocycles. The molecule has 0 N–H and O–H groups in total. The Hall–Kier alpha value is 0.170. The van der Waals surface area contributed by atoms with Gasteiger partial charge in [-0.15, -0.1) is 6.58 Å². The molecule has 1 unspecified atom stereocenters. The van der Waals surface area contributed by atoms with Crippen molar-refractivity contribution in [2.24, 2.45) is 5.92 Å². The molecule has 0 aliphatic heterocycles. The second-order valence-corrected chi connectivity index (χ2v) is 6.61. The van der Waals surface area contributed by atoms with Crippen molar-refractivity contribution in [2.75, 3.05) is 6.61 Å². The molecule has 0 spiro atoms. The van der Waals surface area contributed by atoms with E-state index in [0.717, 1.165) is 19.4 Å². The Morgan fingerprint density at radius 2 is 2.40 bits per heavy atom. The summed E-state index contributed by atoms with van der Waals surface area (Å²) in [5.74, 6) is 0.524. The van der Waals surface area contributed by atoms with Gasteiger partial charge in [0.1, 0.15) is 0 Å². The third-order valence-electron chi connectivity index (χ3n) is 3.10. The van der Waals surface area contributed by atoms with Crippen LogP contribution in [0.15, 0.2) is 24.3 Å². The molecule has 15 heavy (non-hydrogen) atoms. The fraction of sp³-hybridized carbons (Fsp3) is 0.692. The molecule has 0 saturated heterocycles. The Labute approximate surface area is 107 Å². The van der Waals surface area contributed by atoms with Gasteiger partial charge in [-0.3, -0.25) is 0 Å². The van der Waals surface area contributed by atoms with Gasteiger partial charge in [-0.2, -0.15) is 0 Å². The largest absolute Gasteiger partial charge is 0.377 e. The number of allylic oxidation sites excluding steroid dienone is 1. The molecule has 1 rings (SSSR count). The van der Waals surface area contributed by atoms with Gasteiger partial charge in [-0.05, 0) is 25.3 Å². The van der Waals surface area contributed by atoms with E-state index >= 15 is 0 Å². The fourth-order valence-electron chi connectivity index (χ4n) is 2.08.